The maximum Gasteiger partial charge on any atom is 0.405 e. The molecule has 0 spiro atoms. The molecule has 138 valence electrons. The maximum atomic E-state index is 13.1. The molecule has 0 heterocycles. The van der Waals surface area contributed by atoms with Gasteiger partial charge in [-0.3, -0.25) is 4.79 Å². The Morgan fingerprint density at radius 1 is 0.962 bits per heavy atom. The molecule has 0 aliphatic heterocycles. The molecule has 26 heavy (non-hydrogen) atoms. The predicted molar refractivity (Wildman–Crippen MR) is 95.9 cm³/mol. The van der Waals surface area contributed by atoms with E-state index in [0.29, 0.717) is 6.42 Å². The lowest BCUT2D eigenvalue weighted by molar-refractivity contribution is -0.141. The van der Waals surface area contributed by atoms with E-state index >= 15 is 0 Å². The second-order valence-electron chi connectivity index (χ2n) is 6.75. The van der Waals surface area contributed by atoms with Crippen LogP contribution in [-0.2, 0) is 10.2 Å². The van der Waals surface area contributed by atoms with Gasteiger partial charge in [0.15, 0.2) is 0 Å². The topological polar surface area (TPSA) is 29.1 Å². The molecular weight excluding hydrogens is 339 g/mol. The van der Waals surface area contributed by atoms with Crippen molar-refractivity contribution in [3.8, 4) is 11.1 Å². The quantitative estimate of drug-likeness (QED) is 0.703. The van der Waals surface area contributed by atoms with E-state index in [1.807, 2.05) is 48.5 Å². The third-order valence-corrected chi connectivity index (χ3v) is 5.06. The van der Waals surface area contributed by atoms with Gasteiger partial charge in [-0.15, -0.1) is 0 Å². The number of rotatable bonds is 6. The van der Waals surface area contributed by atoms with Crippen LogP contribution in [0.3, 0.4) is 0 Å². The summed E-state index contributed by atoms with van der Waals surface area (Å²) in [6.45, 7) is 0.749. The van der Waals surface area contributed by atoms with Crippen LogP contribution >= 0.6 is 0 Å². The molecule has 3 rings (SSSR count). The van der Waals surface area contributed by atoms with Crippen molar-refractivity contribution in [2.45, 2.75) is 44.2 Å². The minimum atomic E-state index is -4.43. The number of hydrogen-bond acceptors (Lipinski definition) is 1. The Bertz CT molecular complexity index is 752. The number of alkyl halides is 3. The maximum absolute atomic E-state index is 13.1. The lowest BCUT2D eigenvalue weighted by Crippen LogP contribution is -2.47. The van der Waals surface area contributed by atoms with Crippen LogP contribution in [0.2, 0.25) is 0 Å². The fourth-order valence-corrected chi connectivity index (χ4v) is 3.92. The van der Waals surface area contributed by atoms with Crippen LogP contribution in [0.25, 0.3) is 11.1 Å². The van der Waals surface area contributed by atoms with Gasteiger partial charge in [0.25, 0.3) is 0 Å². The third-order valence-electron chi connectivity index (χ3n) is 5.06. The number of benzene rings is 2. The highest BCUT2D eigenvalue weighted by molar-refractivity contribution is 6.00. The number of carbonyl (C=O) groups excluding carboxylic acids is 1. The molecule has 2 nitrogen and oxygen atoms in total. The monoisotopic (exact) mass is 361 g/mol. The van der Waals surface area contributed by atoms with Gasteiger partial charge in [-0.25, -0.2) is 0 Å². The molecule has 0 unspecified atom stereocenters. The van der Waals surface area contributed by atoms with Crippen LogP contribution in [0.1, 0.15) is 43.7 Å². The highest BCUT2D eigenvalue weighted by Gasteiger charge is 2.48. The van der Waals surface area contributed by atoms with E-state index < -0.39 is 24.0 Å². The number of carbonyl (C=O) groups is 1. The van der Waals surface area contributed by atoms with Crippen molar-refractivity contribution in [3.05, 3.63) is 59.7 Å². The first kappa shape index (κ1) is 18.5. The van der Waals surface area contributed by atoms with E-state index in [-0.39, 0.29) is 0 Å². The minimum absolute atomic E-state index is 0.499. The van der Waals surface area contributed by atoms with E-state index in [0.717, 1.165) is 41.5 Å². The van der Waals surface area contributed by atoms with Crippen LogP contribution in [0.4, 0.5) is 13.2 Å². The molecule has 1 N–H and O–H groups in total. The van der Waals surface area contributed by atoms with E-state index in [4.69, 9.17) is 0 Å². The summed E-state index contributed by atoms with van der Waals surface area (Å²) in [6.07, 6.45) is -1.25. The van der Waals surface area contributed by atoms with E-state index in [9.17, 15) is 18.0 Å². The van der Waals surface area contributed by atoms with Gasteiger partial charge in [-0.1, -0.05) is 74.7 Å². The number of nitrogens with one attached hydrogen (secondary N) is 1. The predicted octanol–water partition coefficient (Wildman–Crippen LogP) is 5.21. The molecule has 0 aromatic heterocycles. The Labute approximate surface area is 151 Å². The molecule has 1 aliphatic carbocycles. The molecule has 5 heteroatoms. The van der Waals surface area contributed by atoms with E-state index in [2.05, 4.69) is 12.2 Å². The van der Waals surface area contributed by atoms with Gasteiger partial charge < -0.3 is 5.32 Å². The summed E-state index contributed by atoms with van der Waals surface area (Å²) in [4.78, 5) is 13.1. The summed E-state index contributed by atoms with van der Waals surface area (Å²) in [5.74, 6) is -0.566. The highest BCUT2D eigenvalue weighted by atomic mass is 19.4. The fraction of sp³-hybridized carbons (Fsp3) is 0.381. The van der Waals surface area contributed by atoms with Crippen LogP contribution < -0.4 is 5.32 Å². The van der Waals surface area contributed by atoms with E-state index in [1.165, 1.54) is 0 Å². The number of halogens is 3. The second kappa shape index (κ2) is 7.14. The molecule has 0 bridgehead atoms. The molecule has 1 amide bonds. The van der Waals surface area contributed by atoms with Gasteiger partial charge in [0, 0.05) is 0 Å². The molecular formula is C21H22F3NO. The van der Waals surface area contributed by atoms with Gasteiger partial charge >= 0.3 is 6.18 Å². The first-order valence-electron chi connectivity index (χ1n) is 8.94. The van der Waals surface area contributed by atoms with E-state index in [1.54, 1.807) is 0 Å². The van der Waals surface area contributed by atoms with Crippen molar-refractivity contribution in [3.63, 3.8) is 0 Å². The molecule has 0 saturated heterocycles. The SMILES string of the molecule is CCCCCC1(C(=O)NCC(F)(F)F)c2ccccc2-c2ccccc21. The Morgan fingerprint density at radius 2 is 1.50 bits per heavy atom. The molecule has 1 aliphatic rings. The van der Waals surface area contributed by atoms with Crippen molar-refractivity contribution < 1.29 is 18.0 Å². The molecule has 2 aromatic carbocycles. The number of amides is 1. The molecule has 0 atom stereocenters. The normalized spacial score (nSPS) is 14.6. The first-order chi connectivity index (χ1) is 12.4. The summed E-state index contributed by atoms with van der Waals surface area (Å²) >= 11 is 0. The zero-order chi connectivity index (χ0) is 18.8. The van der Waals surface area contributed by atoms with Crippen molar-refractivity contribution in [1.29, 1.82) is 0 Å². The standard InChI is InChI=1S/C21H22F3NO/c1-2-3-8-13-20(19(26)25-14-21(22,23)24)17-11-6-4-9-15(17)16-10-5-7-12-18(16)20/h4-7,9-12H,2-3,8,13-14H2,1H3,(H,25,26). The number of unbranched alkanes of at least 4 members (excludes halogenated alkanes) is 2. The zero-order valence-corrected chi connectivity index (χ0v) is 14.7. The van der Waals surface area contributed by atoms with Crippen molar-refractivity contribution in [2.75, 3.05) is 6.54 Å². The molecule has 2 aromatic rings. The van der Waals surface area contributed by atoms with Gasteiger partial charge in [-0.05, 0) is 28.7 Å². The minimum Gasteiger partial charge on any atom is -0.346 e. The van der Waals surface area contributed by atoms with Crippen molar-refractivity contribution >= 4 is 5.91 Å². The Hall–Kier alpha value is -2.30. The highest BCUT2D eigenvalue weighted by Crippen LogP contribution is 2.51. The van der Waals surface area contributed by atoms with Gasteiger partial charge in [0.05, 0.1) is 0 Å². The average Bonchev–Trinajstić information content (AvgIpc) is 2.91. The van der Waals surface area contributed by atoms with Crippen LogP contribution in [0.15, 0.2) is 48.5 Å². The van der Waals surface area contributed by atoms with Crippen molar-refractivity contribution in [1.82, 2.24) is 5.32 Å². The summed E-state index contributed by atoms with van der Waals surface area (Å²) in [5, 5.41) is 2.15. The largest absolute Gasteiger partial charge is 0.405 e. The number of fused-ring (bicyclic) bond motifs is 3. The first-order valence-corrected chi connectivity index (χ1v) is 8.94. The second-order valence-corrected chi connectivity index (χ2v) is 6.75. The molecule has 0 radical (unpaired) electrons. The summed E-state index contributed by atoms with van der Waals surface area (Å²) in [5.41, 5.74) is 2.41. The zero-order valence-electron chi connectivity index (χ0n) is 14.7. The van der Waals surface area contributed by atoms with Crippen LogP contribution in [-0.4, -0.2) is 18.6 Å². The Kier molecular flexibility index (Phi) is 5.08. The van der Waals surface area contributed by atoms with Gasteiger partial charge in [0.2, 0.25) is 5.91 Å². The van der Waals surface area contributed by atoms with Crippen molar-refractivity contribution in [2.24, 2.45) is 0 Å². The summed E-state index contributed by atoms with van der Waals surface area (Å²) < 4.78 is 38.1. The van der Waals surface area contributed by atoms with Gasteiger partial charge in [-0.2, -0.15) is 13.2 Å². The lowest BCUT2D eigenvalue weighted by atomic mass is 9.73. The molecule has 0 fully saturated rings. The number of hydrogen-bond donors (Lipinski definition) is 1. The Balaban J connectivity index is 2.09. The summed E-state index contributed by atoms with van der Waals surface area (Å²) in [6, 6.07) is 15.1. The smallest absolute Gasteiger partial charge is 0.346 e. The van der Waals surface area contributed by atoms with Crippen LogP contribution in [0.5, 0.6) is 0 Å². The fourth-order valence-electron chi connectivity index (χ4n) is 3.92. The average molecular weight is 361 g/mol. The molecule has 0 saturated carbocycles. The van der Waals surface area contributed by atoms with Gasteiger partial charge in [0.1, 0.15) is 12.0 Å². The Morgan fingerprint density at radius 3 is 2.00 bits per heavy atom. The summed E-state index contributed by atoms with van der Waals surface area (Å²) in [7, 11) is 0. The van der Waals surface area contributed by atoms with Crippen LogP contribution in [0, 0.1) is 0 Å². The third kappa shape index (κ3) is 3.22. The lowest BCUT2D eigenvalue weighted by Gasteiger charge is -2.31.